The summed E-state index contributed by atoms with van der Waals surface area (Å²) >= 11 is 0. The van der Waals surface area contributed by atoms with Crippen LogP contribution in [0.2, 0.25) is 0 Å². The van der Waals surface area contributed by atoms with Gasteiger partial charge in [-0.1, -0.05) is 24.3 Å². The molecular formula is C29H28N8O. The van der Waals surface area contributed by atoms with Gasteiger partial charge in [0.05, 0.1) is 49.6 Å². The molecule has 1 fully saturated rings. The van der Waals surface area contributed by atoms with Crippen LogP contribution in [0.3, 0.4) is 0 Å². The highest BCUT2D eigenvalue weighted by Crippen LogP contribution is 2.25. The average Bonchev–Trinajstić information content (AvgIpc) is 3.68. The molecule has 0 atom stereocenters. The number of pyridine rings is 2. The molecule has 1 saturated heterocycles. The van der Waals surface area contributed by atoms with Crippen LogP contribution in [0.25, 0.3) is 38.9 Å². The van der Waals surface area contributed by atoms with E-state index in [4.69, 9.17) is 9.72 Å². The minimum Gasteiger partial charge on any atom is -0.379 e. The minimum absolute atomic E-state index is 0.588. The summed E-state index contributed by atoms with van der Waals surface area (Å²) in [7, 11) is 1.93. The summed E-state index contributed by atoms with van der Waals surface area (Å²) in [5.41, 5.74) is 9.53. The highest BCUT2D eigenvalue weighted by molar-refractivity contribution is 5.80. The van der Waals surface area contributed by atoms with Crippen LogP contribution in [-0.4, -0.2) is 65.1 Å². The molecule has 38 heavy (non-hydrogen) atoms. The molecular weight excluding hydrogens is 476 g/mol. The van der Waals surface area contributed by atoms with Crippen LogP contribution in [0.1, 0.15) is 11.3 Å². The Labute approximate surface area is 219 Å². The van der Waals surface area contributed by atoms with Crippen LogP contribution in [0.4, 0.5) is 0 Å². The number of benzene rings is 1. The smallest absolute Gasteiger partial charge is 0.136 e. The summed E-state index contributed by atoms with van der Waals surface area (Å²) in [6.45, 7) is 5.16. The Kier molecular flexibility index (Phi) is 5.71. The molecule has 1 aliphatic rings. The molecule has 0 amide bonds. The lowest BCUT2D eigenvalue weighted by Gasteiger charge is -2.26. The molecule has 0 aliphatic carbocycles. The Morgan fingerprint density at radius 3 is 2.42 bits per heavy atom. The van der Waals surface area contributed by atoms with E-state index in [-0.39, 0.29) is 0 Å². The van der Waals surface area contributed by atoms with Gasteiger partial charge in [-0.25, -0.2) is 4.98 Å². The number of aromatic nitrogens is 7. The zero-order valence-electron chi connectivity index (χ0n) is 21.2. The van der Waals surface area contributed by atoms with Crippen molar-refractivity contribution in [1.29, 1.82) is 0 Å². The van der Waals surface area contributed by atoms with Crippen LogP contribution >= 0.6 is 0 Å². The lowest BCUT2D eigenvalue weighted by Crippen LogP contribution is -2.35. The third kappa shape index (κ3) is 4.36. The highest BCUT2D eigenvalue weighted by atomic mass is 16.5. The Hall–Kier alpha value is -4.34. The maximum Gasteiger partial charge on any atom is 0.136 e. The number of rotatable bonds is 6. The third-order valence-corrected chi connectivity index (χ3v) is 7.22. The minimum atomic E-state index is 0.588. The van der Waals surface area contributed by atoms with Gasteiger partial charge < -0.3 is 9.14 Å². The molecule has 1 aromatic carbocycles. The summed E-state index contributed by atoms with van der Waals surface area (Å²) in [6, 6.07) is 15.1. The summed E-state index contributed by atoms with van der Waals surface area (Å²) in [6.07, 6.45) is 11.7. The van der Waals surface area contributed by atoms with E-state index >= 15 is 0 Å². The second-order valence-corrected chi connectivity index (χ2v) is 9.81. The number of imidazole rings is 1. The van der Waals surface area contributed by atoms with Crippen LogP contribution in [0.15, 0.2) is 79.6 Å². The maximum atomic E-state index is 5.47. The lowest BCUT2D eigenvalue weighted by molar-refractivity contribution is 0.0342. The van der Waals surface area contributed by atoms with Gasteiger partial charge in [0, 0.05) is 62.0 Å². The molecule has 9 heteroatoms. The first-order valence-electron chi connectivity index (χ1n) is 12.9. The van der Waals surface area contributed by atoms with Gasteiger partial charge in [-0.15, -0.1) is 0 Å². The zero-order chi connectivity index (χ0) is 25.5. The number of morpholine rings is 1. The molecule has 7 rings (SSSR count). The van der Waals surface area contributed by atoms with Gasteiger partial charge in [0.2, 0.25) is 0 Å². The molecule has 6 heterocycles. The van der Waals surface area contributed by atoms with E-state index in [0.717, 1.165) is 77.5 Å². The number of ether oxygens (including phenoxy) is 1. The molecule has 6 aromatic rings. The molecule has 0 unspecified atom stereocenters. The van der Waals surface area contributed by atoms with Gasteiger partial charge in [0.25, 0.3) is 0 Å². The van der Waals surface area contributed by atoms with E-state index in [1.807, 2.05) is 53.5 Å². The quantitative estimate of drug-likeness (QED) is 0.341. The van der Waals surface area contributed by atoms with E-state index in [2.05, 4.69) is 67.1 Å². The predicted octanol–water partition coefficient (Wildman–Crippen LogP) is 4.03. The van der Waals surface area contributed by atoms with E-state index in [9.17, 15) is 0 Å². The molecule has 0 bridgehead atoms. The fourth-order valence-corrected chi connectivity index (χ4v) is 5.10. The normalized spacial score (nSPS) is 14.6. The molecule has 5 aromatic heterocycles. The van der Waals surface area contributed by atoms with Crippen molar-refractivity contribution in [2.24, 2.45) is 7.05 Å². The summed E-state index contributed by atoms with van der Waals surface area (Å²) in [4.78, 5) is 11.7. The Morgan fingerprint density at radius 2 is 1.61 bits per heavy atom. The van der Waals surface area contributed by atoms with E-state index < -0.39 is 0 Å². The van der Waals surface area contributed by atoms with Gasteiger partial charge in [-0.05, 0) is 29.3 Å². The Morgan fingerprint density at radius 1 is 0.763 bits per heavy atom. The van der Waals surface area contributed by atoms with Crippen molar-refractivity contribution < 1.29 is 4.74 Å². The van der Waals surface area contributed by atoms with Crippen molar-refractivity contribution in [3.8, 4) is 22.3 Å². The van der Waals surface area contributed by atoms with Crippen LogP contribution < -0.4 is 0 Å². The Bertz CT molecular complexity index is 1720. The molecule has 0 spiro atoms. The summed E-state index contributed by atoms with van der Waals surface area (Å²) in [5.74, 6) is 0. The number of hydrogen-bond acceptors (Lipinski definition) is 6. The zero-order valence-corrected chi connectivity index (χ0v) is 21.2. The lowest BCUT2D eigenvalue weighted by atomic mass is 10.0. The van der Waals surface area contributed by atoms with Crippen LogP contribution in [-0.2, 0) is 24.9 Å². The molecule has 9 nitrogen and oxygen atoms in total. The number of fused-ring (bicyclic) bond motifs is 2. The monoisotopic (exact) mass is 504 g/mol. The van der Waals surface area contributed by atoms with Gasteiger partial charge in [0.15, 0.2) is 0 Å². The van der Waals surface area contributed by atoms with Crippen molar-refractivity contribution in [3.63, 3.8) is 0 Å². The molecule has 0 N–H and O–H groups in total. The first kappa shape index (κ1) is 22.8. The van der Waals surface area contributed by atoms with Crippen molar-refractivity contribution >= 4 is 16.7 Å². The largest absolute Gasteiger partial charge is 0.379 e. The second kappa shape index (κ2) is 9.51. The number of hydrogen-bond donors (Lipinski definition) is 0. The number of aryl methyl sites for hydroxylation is 1. The van der Waals surface area contributed by atoms with E-state index in [1.165, 1.54) is 5.56 Å². The summed E-state index contributed by atoms with van der Waals surface area (Å²) in [5, 5.41) is 8.97. The fraction of sp³-hybridized carbons (Fsp3) is 0.241. The topological polar surface area (TPSA) is 78.3 Å². The number of nitrogens with zero attached hydrogens (tertiary/aromatic N) is 8. The van der Waals surface area contributed by atoms with Gasteiger partial charge in [-0.3, -0.25) is 19.2 Å². The van der Waals surface area contributed by atoms with Crippen molar-refractivity contribution in [2.75, 3.05) is 26.3 Å². The highest BCUT2D eigenvalue weighted by Gasteiger charge is 2.13. The Balaban J connectivity index is 1.16. The van der Waals surface area contributed by atoms with Gasteiger partial charge in [0.1, 0.15) is 11.2 Å². The molecule has 0 saturated carbocycles. The van der Waals surface area contributed by atoms with Gasteiger partial charge in [-0.2, -0.15) is 10.2 Å². The summed E-state index contributed by atoms with van der Waals surface area (Å²) < 4.78 is 11.4. The maximum absolute atomic E-state index is 5.47. The third-order valence-electron chi connectivity index (χ3n) is 7.22. The van der Waals surface area contributed by atoms with Crippen molar-refractivity contribution in [2.45, 2.75) is 13.1 Å². The van der Waals surface area contributed by atoms with Crippen molar-refractivity contribution in [3.05, 3.63) is 90.9 Å². The average molecular weight is 505 g/mol. The second-order valence-electron chi connectivity index (χ2n) is 9.81. The van der Waals surface area contributed by atoms with E-state index in [0.29, 0.717) is 6.54 Å². The fourth-order valence-electron chi connectivity index (χ4n) is 5.10. The van der Waals surface area contributed by atoms with E-state index in [1.54, 1.807) is 0 Å². The first-order chi connectivity index (χ1) is 18.7. The van der Waals surface area contributed by atoms with Crippen molar-refractivity contribution in [1.82, 2.24) is 38.8 Å². The van der Waals surface area contributed by atoms with Crippen LogP contribution in [0, 0.1) is 0 Å². The van der Waals surface area contributed by atoms with Gasteiger partial charge >= 0.3 is 0 Å². The first-order valence-corrected chi connectivity index (χ1v) is 12.9. The SMILES string of the molecule is Cn1cc(-c2ccc3ncc(Cn4ncc5ncc(-c6ccc(CN7CCOCC7)cc6)cc54)n3c2)cn1. The molecule has 0 radical (unpaired) electrons. The standard InChI is InChI=1S/C29H28N8O/c1-34-18-25(14-32-34)23-6-7-29-31-15-26(36(29)19-23)20-37-28-12-24(13-30-27(28)16-33-37)22-4-2-21(3-5-22)17-35-8-10-38-11-9-35/h2-7,12-16,18-19H,8-11,17,20H2,1H3. The predicted molar refractivity (Wildman–Crippen MR) is 146 cm³/mol. The molecule has 190 valence electrons. The van der Waals surface area contributed by atoms with Crippen LogP contribution in [0.5, 0.6) is 0 Å². The molecule has 1 aliphatic heterocycles.